The van der Waals surface area contributed by atoms with E-state index >= 15 is 0 Å². The van der Waals surface area contributed by atoms with Gasteiger partial charge in [0.2, 0.25) is 0 Å². The van der Waals surface area contributed by atoms with Gasteiger partial charge in [0.15, 0.2) is 0 Å². The van der Waals surface area contributed by atoms with E-state index in [2.05, 4.69) is 16.4 Å². The van der Waals surface area contributed by atoms with Crippen LogP contribution in [-0.4, -0.2) is 11.5 Å². The maximum atomic E-state index is 6.08. The molecule has 3 nitrogen and oxygen atoms in total. The van der Waals surface area contributed by atoms with E-state index in [1.54, 1.807) is 12.4 Å². The summed E-state index contributed by atoms with van der Waals surface area (Å²) in [4.78, 5) is 3.97. The van der Waals surface area contributed by atoms with Crippen LogP contribution < -0.4 is 10.1 Å². The molecule has 0 radical (unpaired) electrons. The Balaban J connectivity index is 1.79. The molecule has 19 heavy (non-hydrogen) atoms. The molecule has 1 aliphatic heterocycles. The second kappa shape index (κ2) is 5.49. The highest BCUT2D eigenvalue weighted by molar-refractivity contribution is 6.31. The maximum Gasteiger partial charge on any atom is 0.143 e. The molecule has 4 heteroatoms. The van der Waals surface area contributed by atoms with Crippen molar-refractivity contribution in [1.82, 2.24) is 4.98 Å². The molecule has 0 amide bonds. The van der Waals surface area contributed by atoms with Crippen molar-refractivity contribution < 1.29 is 4.74 Å². The Kier molecular flexibility index (Phi) is 3.56. The Hall–Kier alpha value is -1.74. The van der Waals surface area contributed by atoms with E-state index in [-0.39, 0.29) is 0 Å². The first-order chi connectivity index (χ1) is 9.34. The lowest BCUT2D eigenvalue weighted by Crippen LogP contribution is -2.13. The molecule has 1 aromatic heterocycles. The number of fused-ring (bicyclic) bond motifs is 1. The van der Waals surface area contributed by atoms with Crippen molar-refractivity contribution in [2.75, 3.05) is 11.9 Å². The summed E-state index contributed by atoms with van der Waals surface area (Å²) in [5, 5.41) is 4.05. The van der Waals surface area contributed by atoms with E-state index in [9.17, 15) is 0 Å². The van der Waals surface area contributed by atoms with E-state index in [0.717, 1.165) is 30.0 Å². The number of nitrogens with zero attached hydrogens (tertiary/aromatic N) is 1. The largest absolute Gasteiger partial charge is 0.487 e. The van der Waals surface area contributed by atoms with Gasteiger partial charge in [-0.3, -0.25) is 4.98 Å². The second-order valence-electron chi connectivity index (χ2n) is 4.58. The zero-order chi connectivity index (χ0) is 13.1. The maximum absolute atomic E-state index is 6.08. The van der Waals surface area contributed by atoms with Gasteiger partial charge < -0.3 is 10.1 Å². The molecule has 2 aromatic rings. The molecule has 1 N–H and O–H groups in total. The molecule has 0 aliphatic carbocycles. The molecule has 1 aromatic carbocycles. The minimum atomic E-state index is 0.458. The summed E-state index contributed by atoms with van der Waals surface area (Å²) in [6.07, 6.45) is 5.64. The average Bonchev–Trinajstić information content (AvgIpc) is 2.46. The second-order valence-corrected chi connectivity index (χ2v) is 4.98. The van der Waals surface area contributed by atoms with Crippen LogP contribution in [0.25, 0.3) is 0 Å². The normalized spacial score (nSPS) is 13.5. The summed E-state index contributed by atoms with van der Waals surface area (Å²) in [5.74, 6) is 0.894. The standard InChI is InChI=1S/C15H15ClN2O/c16-13-9-17-8-6-12(13)10-19-14-5-1-3-11-4-2-7-18-15(11)14/h1,3,5-6,8-9,18H,2,4,7,10H2. The third-order valence-electron chi connectivity index (χ3n) is 3.28. The summed E-state index contributed by atoms with van der Waals surface area (Å²) in [6, 6.07) is 8.06. The van der Waals surface area contributed by atoms with Gasteiger partial charge in [-0.25, -0.2) is 0 Å². The van der Waals surface area contributed by atoms with Gasteiger partial charge in [-0.2, -0.15) is 0 Å². The van der Waals surface area contributed by atoms with Crippen LogP contribution in [0.3, 0.4) is 0 Å². The summed E-state index contributed by atoms with van der Waals surface area (Å²) >= 11 is 6.08. The number of nitrogens with one attached hydrogen (secondary N) is 1. The van der Waals surface area contributed by atoms with Crippen molar-refractivity contribution in [3.8, 4) is 5.75 Å². The predicted octanol–water partition coefficient (Wildman–Crippen LogP) is 3.67. The molecule has 0 spiro atoms. The lowest BCUT2D eigenvalue weighted by Gasteiger charge is -2.21. The zero-order valence-corrected chi connectivity index (χ0v) is 11.3. The third-order valence-corrected chi connectivity index (χ3v) is 3.62. The average molecular weight is 275 g/mol. The molecule has 0 unspecified atom stereocenters. The topological polar surface area (TPSA) is 34.1 Å². The van der Waals surface area contributed by atoms with Gasteiger partial charge in [0.1, 0.15) is 12.4 Å². The highest BCUT2D eigenvalue weighted by Crippen LogP contribution is 2.32. The van der Waals surface area contributed by atoms with Crippen LogP contribution in [0.2, 0.25) is 5.02 Å². The number of anilines is 1. The Labute approximate surface area is 117 Å². The van der Waals surface area contributed by atoms with Gasteiger partial charge in [0, 0.05) is 24.5 Å². The number of para-hydroxylation sites is 1. The van der Waals surface area contributed by atoms with Gasteiger partial charge >= 0.3 is 0 Å². The molecule has 0 saturated heterocycles. The third kappa shape index (κ3) is 2.66. The van der Waals surface area contributed by atoms with E-state index in [1.165, 1.54) is 12.0 Å². The van der Waals surface area contributed by atoms with Crippen LogP contribution in [0.15, 0.2) is 36.7 Å². The summed E-state index contributed by atoms with van der Waals surface area (Å²) < 4.78 is 5.90. The van der Waals surface area contributed by atoms with Gasteiger partial charge in [0.05, 0.1) is 10.7 Å². The lowest BCUT2D eigenvalue weighted by atomic mass is 10.0. The van der Waals surface area contributed by atoms with E-state index in [1.807, 2.05) is 18.2 Å². The number of ether oxygens (including phenoxy) is 1. The predicted molar refractivity (Wildman–Crippen MR) is 76.8 cm³/mol. The summed E-state index contributed by atoms with van der Waals surface area (Å²) in [6.45, 7) is 1.46. The van der Waals surface area contributed by atoms with Gasteiger partial charge in [-0.1, -0.05) is 23.7 Å². The molecule has 0 atom stereocenters. The molecule has 1 aliphatic rings. The van der Waals surface area contributed by atoms with Crippen molar-refractivity contribution in [2.45, 2.75) is 19.4 Å². The number of hydrogen-bond acceptors (Lipinski definition) is 3. The van der Waals surface area contributed by atoms with E-state index in [0.29, 0.717) is 11.6 Å². The zero-order valence-electron chi connectivity index (χ0n) is 10.5. The first-order valence-electron chi connectivity index (χ1n) is 6.41. The Bertz CT molecular complexity index is 586. The van der Waals surface area contributed by atoms with Crippen LogP contribution in [-0.2, 0) is 13.0 Å². The van der Waals surface area contributed by atoms with Gasteiger partial charge in [0.25, 0.3) is 0 Å². The SMILES string of the molecule is Clc1cnccc1COc1cccc2c1NCCC2. The highest BCUT2D eigenvalue weighted by Gasteiger charge is 2.13. The molecular formula is C15H15ClN2O. The van der Waals surface area contributed by atoms with Crippen molar-refractivity contribution in [3.63, 3.8) is 0 Å². The van der Waals surface area contributed by atoms with Crippen LogP contribution in [0.1, 0.15) is 17.5 Å². The van der Waals surface area contributed by atoms with Crippen LogP contribution >= 0.6 is 11.6 Å². The Morgan fingerprint density at radius 2 is 2.26 bits per heavy atom. The fourth-order valence-corrected chi connectivity index (χ4v) is 2.45. The van der Waals surface area contributed by atoms with Gasteiger partial charge in [-0.15, -0.1) is 0 Å². The van der Waals surface area contributed by atoms with Crippen molar-refractivity contribution in [1.29, 1.82) is 0 Å². The number of aromatic nitrogens is 1. The molecular weight excluding hydrogens is 260 g/mol. The number of benzene rings is 1. The van der Waals surface area contributed by atoms with Crippen LogP contribution in [0.4, 0.5) is 5.69 Å². The van der Waals surface area contributed by atoms with Crippen molar-refractivity contribution in [2.24, 2.45) is 0 Å². The number of rotatable bonds is 3. The Morgan fingerprint density at radius 1 is 1.32 bits per heavy atom. The van der Waals surface area contributed by atoms with Crippen LogP contribution in [0.5, 0.6) is 5.75 Å². The monoisotopic (exact) mass is 274 g/mol. The Morgan fingerprint density at radius 3 is 3.16 bits per heavy atom. The van der Waals surface area contributed by atoms with Crippen molar-refractivity contribution in [3.05, 3.63) is 52.8 Å². The van der Waals surface area contributed by atoms with E-state index < -0.39 is 0 Å². The van der Waals surface area contributed by atoms with Crippen molar-refractivity contribution >= 4 is 17.3 Å². The first-order valence-corrected chi connectivity index (χ1v) is 6.79. The molecule has 0 fully saturated rings. The molecule has 0 bridgehead atoms. The van der Waals surface area contributed by atoms with Gasteiger partial charge in [-0.05, 0) is 30.5 Å². The summed E-state index contributed by atoms with van der Waals surface area (Å²) in [7, 11) is 0. The molecule has 98 valence electrons. The lowest BCUT2D eigenvalue weighted by molar-refractivity contribution is 0.307. The number of hydrogen-bond donors (Lipinski definition) is 1. The smallest absolute Gasteiger partial charge is 0.143 e. The molecule has 3 rings (SSSR count). The fraction of sp³-hybridized carbons (Fsp3) is 0.267. The number of pyridine rings is 1. The highest BCUT2D eigenvalue weighted by atomic mass is 35.5. The molecule has 2 heterocycles. The minimum absolute atomic E-state index is 0.458. The number of halogens is 1. The quantitative estimate of drug-likeness (QED) is 0.927. The molecule has 0 saturated carbocycles. The van der Waals surface area contributed by atoms with E-state index in [4.69, 9.17) is 16.3 Å². The fourth-order valence-electron chi connectivity index (χ4n) is 2.27. The summed E-state index contributed by atoms with van der Waals surface area (Å²) in [5.41, 5.74) is 3.40. The minimum Gasteiger partial charge on any atom is -0.487 e. The first kappa shape index (κ1) is 12.3. The number of aryl methyl sites for hydroxylation is 1. The van der Waals surface area contributed by atoms with Crippen LogP contribution in [0, 0.1) is 0 Å².